The number of carbonyl (C=O) groups excluding carboxylic acids is 1. The molecule has 0 atom stereocenters. The van der Waals surface area contributed by atoms with Gasteiger partial charge in [0.1, 0.15) is 5.76 Å². The molecule has 0 aliphatic carbocycles. The maximum atomic E-state index is 12.2. The molecule has 0 fully saturated rings. The zero-order valence-electron chi connectivity index (χ0n) is 10.9. The second-order valence-corrected chi connectivity index (χ2v) is 4.79. The van der Waals surface area contributed by atoms with E-state index >= 15 is 0 Å². The van der Waals surface area contributed by atoms with Crippen LogP contribution in [0.2, 0.25) is 5.02 Å². The molecule has 0 saturated heterocycles. The summed E-state index contributed by atoms with van der Waals surface area (Å²) in [5.41, 5.74) is 1.16. The van der Waals surface area contributed by atoms with Crippen molar-refractivity contribution in [3.63, 3.8) is 0 Å². The van der Waals surface area contributed by atoms with Crippen LogP contribution in [0.3, 0.4) is 0 Å². The van der Waals surface area contributed by atoms with Gasteiger partial charge in [-0.3, -0.25) is 4.79 Å². The van der Waals surface area contributed by atoms with Crippen LogP contribution in [0.25, 0.3) is 12.2 Å². The summed E-state index contributed by atoms with van der Waals surface area (Å²) >= 11 is 5.88. The Labute approximate surface area is 126 Å². The van der Waals surface area contributed by atoms with Crippen molar-refractivity contribution in [3.8, 4) is 0 Å². The first-order valence-electron chi connectivity index (χ1n) is 6.30. The van der Waals surface area contributed by atoms with Gasteiger partial charge in [-0.15, -0.1) is 0 Å². The van der Waals surface area contributed by atoms with Crippen LogP contribution in [-0.4, -0.2) is 15.7 Å². The SMILES string of the molecule is O=C(c1cccc(Cl)c1)n1ccc(/C=C/c2ccco2)n1. The highest BCUT2D eigenvalue weighted by atomic mass is 35.5. The van der Waals surface area contributed by atoms with E-state index in [0.29, 0.717) is 16.3 Å². The monoisotopic (exact) mass is 298 g/mol. The van der Waals surface area contributed by atoms with Crippen LogP contribution in [0.1, 0.15) is 21.8 Å². The fraction of sp³-hybridized carbons (Fsp3) is 0. The number of aromatic nitrogens is 2. The number of halogens is 1. The lowest BCUT2D eigenvalue weighted by Gasteiger charge is -2.00. The van der Waals surface area contributed by atoms with Gasteiger partial charge < -0.3 is 4.42 Å². The molecule has 3 aromatic rings. The number of nitrogens with zero attached hydrogens (tertiary/aromatic N) is 2. The summed E-state index contributed by atoms with van der Waals surface area (Å²) in [5, 5.41) is 4.73. The fourth-order valence-corrected chi connectivity index (χ4v) is 2.04. The van der Waals surface area contributed by atoms with Gasteiger partial charge in [0, 0.05) is 16.8 Å². The molecule has 2 aromatic heterocycles. The molecule has 2 heterocycles. The van der Waals surface area contributed by atoms with Crippen molar-refractivity contribution in [1.29, 1.82) is 0 Å². The zero-order valence-corrected chi connectivity index (χ0v) is 11.7. The summed E-state index contributed by atoms with van der Waals surface area (Å²) in [6.45, 7) is 0. The minimum absolute atomic E-state index is 0.227. The van der Waals surface area contributed by atoms with E-state index in [-0.39, 0.29) is 5.91 Å². The molecule has 0 N–H and O–H groups in total. The highest BCUT2D eigenvalue weighted by Crippen LogP contribution is 2.12. The molecular formula is C16H11ClN2O2. The normalized spacial score (nSPS) is 11.1. The first kappa shape index (κ1) is 13.4. The first-order chi connectivity index (χ1) is 10.2. The average Bonchev–Trinajstić information content (AvgIpc) is 3.16. The third-order valence-corrected chi connectivity index (χ3v) is 3.09. The minimum Gasteiger partial charge on any atom is -0.465 e. The molecule has 5 heteroatoms. The molecule has 104 valence electrons. The Hall–Kier alpha value is -2.59. The van der Waals surface area contributed by atoms with E-state index in [4.69, 9.17) is 16.0 Å². The molecule has 0 unspecified atom stereocenters. The molecule has 3 rings (SSSR count). The topological polar surface area (TPSA) is 48.0 Å². The lowest BCUT2D eigenvalue weighted by molar-refractivity contribution is 0.0945. The highest BCUT2D eigenvalue weighted by Gasteiger charge is 2.09. The van der Waals surface area contributed by atoms with Crippen LogP contribution in [0, 0.1) is 0 Å². The van der Waals surface area contributed by atoms with Crippen LogP contribution >= 0.6 is 11.6 Å². The van der Waals surface area contributed by atoms with Crippen molar-refractivity contribution in [2.75, 3.05) is 0 Å². The Kier molecular flexibility index (Phi) is 3.71. The molecule has 0 bridgehead atoms. The molecule has 0 saturated carbocycles. The Morgan fingerprint density at radius 2 is 2.10 bits per heavy atom. The van der Waals surface area contributed by atoms with Gasteiger partial charge in [0.25, 0.3) is 5.91 Å². The lowest BCUT2D eigenvalue weighted by Crippen LogP contribution is -2.12. The zero-order chi connectivity index (χ0) is 14.7. The molecule has 0 aliphatic rings. The highest BCUT2D eigenvalue weighted by molar-refractivity contribution is 6.30. The van der Waals surface area contributed by atoms with Crippen LogP contribution in [0.4, 0.5) is 0 Å². The molecule has 0 radical (unpaired) electrons. The third kappa shape index (κ3) is 3.12. The Balaban J connectivity index is 1.80. The summed E-state index contributed by atoms with van der Waals surface area (Å²) in [7, 11) is 0. The Morgan fingerprint density at radius 3 is 2.86 bits per heavy atom. The van der Waals surface area contributed by atoms with E-state index in [1.807, 2.05) is 6.07 Å². The molecule has 0 spiro atoms. The smallest absolute Gasteiger partial charge is 0.278 e. The summed E-state index contributed by atoms with van der Waals surface area (Å²) < 4.78 is 6.47. The van der Waals surface area contributed by atoms with Gasteiger partial charge in [0.15, 0.2) is 0 Å². The van der Waals surface area contributed by atoms with Crippen molar-refractivity contribution in [1.82, 2.24) is 9.78 Å². The number of hydrogen-bond acceptors (Lipinski definition) is 3. The molecule has 0 aliphatic heterocycles. The quantitative estimate of drug-likeness (QED) is 0.734. The van der Waals surface area contributed by atoms with Gasteiger partial charge in [-0.2, -0.15) is 5.10 Å². The van der Waals surface area contributed by atoms with Gasteiger partial charge in [0.05, 0.1) is 12.0 Å². The van der Waals surface area contributed by atoms with Gasteiger partial charge in [-0.1, -0.05) is 17.7 Å². The number of rotatable bonds is 3. The summed E-state index contributed by atoms with van der Waals surface area (Å²) in [6.07, 6.45) is 6.78. The maximum Gasteiger partial charge on any atom is 0.278 e. The predicted molar refractivity (Wildman–Crippen MR) is 81.0 cm³/mol. The first-order valence-corrected chi connectivity index (χ1v) is 6.68. The molecule has 21 heavy (non-hydrogen) atoms. The minimum atomic E-state index is -0.227. The van der Waals surface area contributed by atoms with E-state index in [0.717, 1.165) is 5.76 Å². The van der Waals surface area contributed by atoms with Gasteiger partial charge in [-0.05, 0) is 48.6 Å². The second-order valence-electron chi connectivity index (χ2n) is 4.35. The van der Waals surface area contributed by atoms with Gasteiger partial charge >= 0.3 is 0 Å². The Morgan fingerprint density at radius 1 is 1.19 bits per heavy atom. The summed E-state index contributed by atoms with van der Waals surface area (Å²) in [6, 6.07) is 12.2. The van der Waals surface area contributed by atoms with Crippen LogP contribution in [0.5, 0.6) is 0 Å². The van der Waals surface area contributed by atoms with Crippen molar-refractivity contribution in [3.05, 3.63) is 77.0 Å². The summed E-state index contributed by atoms with van der Waals surface area (Å²) in [5.74, 6) is 0.501. The van der Waals surface area contributed by atoms with Crippen molar-refractivity contribution >= 4 is 29.7 Å². The lowest BCUT2D eigenvalue weighted by atomic mass is 10.2. The number of hydrogen-bond donors (Lipinski definition) is 0. The van der Waals surface area contributed by atoms with E-state index < -0.39 is 0 Å². The van der Waals surface area contributed by atoms with Crippen LogP contribution in [-0.2, 0) is 0 Å². The Bertz CT molecular complexity index is 788. The molecule has 1 aromatic carbocycles. The largest absolute Gasteiger partial charge is 0.465 e. The van der Waals surface area contributed by atoms with Gasteiger partial charge in [0.2, 0.25) is 0 Å². The van der Waals surface area contributed by atoms with E-state index in [2.05, 4.69) is 5.10 Å². The maximum absolute atomic E-state index is 12.2. The van der Waals surface area contributed by atoms with Crippen LogP contribution in [0.15, 0.2) is 59.3 Å². The standard InChI is InChI=1S/C16H11ClN2O2/c17-13-4-1-3-12(11-13)16(20)19-9-8-14(18-19)6-7-15-5-2-10-21-15/h1-11H/b7-6+. The van der Waals surface area contributed by atoms with Crippen molar-refractivity contribution in [2.45, 2.75) is 0 Å². The molecule has 0 amide bonds. The molecular weight excluding hydrogens is 288 g/mol. The third-order valence-electron chi connectivity index (χ3n) is 2.85. The number of benzene rings is 1. The van der Waals surface area contributed by atoms with E-state index in [1.54, 1.807) is 61.0 Å². The molecule has 4 nitrogen and oxygen atoms in total. The number of furan rings is 1. The number of carbonyl (C=O) groups is 1. The summed E-state index contributed by atoms with van der Waals surface area (Å²) in [4.78, 5) is 12.2. The second kappa shape index (κ2) is 5.81. The predicted octanol–water partition coefficient (Wildman–Crippen LogP) is 3.99. The van der Waals surface area contributed by atoms with Gasteiger partial charge in [-0.25, -0.2) is 4.68 Å². The fourth-order valence-electron chi connectivity index (χ4n) is 1.85. The van der Waals surface area contributed by atoms with Crippen molar-refractivity contribution in [2.24, 2.45) is 0 Å². The van der Waals surface area contributed by atoms with E-state index in [9.17, 15) is 4.79 Å². The van der Waals surface area contributed by atoms with Crippen molar-refractivity contribution < 1.29 is 9.21 Å². The van der Waals surface area contributed by atoms with E-state index in [1.165, 1.54) is 4.68 Å². The average molecular weight is 299 g/mol. The van der Waals surface area contributed by atoms with Crippen LogP contribution < -0.4 is 0 Å².